The highest BCUT2D eigenvalue weighted by Gasteiger charge is 2.04. The van der Waals surface area contributed by atoms with Gasteiger partial charge in [0.25, 0.3) is 0 Å². The fourth-order valence-electron chi connectivity index (χ4n) is 1.62. The maximum absolute atomic E-state index is 5.49. The molecule has 14 heavy (non-hydrogen) atoms. The van der Waals surface area contributed by atoms with E-state index in [0.29, 0.717) is 0 Å². The van der Waals surface area contributed by atoms with Gasteiger partial charge in [0, 0.05) is 5.39 Å². The molecule has 0 amide bonds. The van der Waals surface area contributed by atoms with Crippen LogP contribution in [0.15, 0.2) is 35.5 Å². The Labute approximate surface area is 84.0 Å². The normalized spacial score (nSPS) is 10.7. The van der Waals surface area contributed by atoms with Crippen molar-refractivity contribution in [2.24, 2.45) is 0 Å². The monoisotopic (exact) mass is 186 g/mol. The number of hydrogen-bond donors (Lipinski definition) is 0. The molecule has 1 nitrogen and oxygen atoms in total. The van der Waals surface area contributed by atoms with Gasteiger partial charge < -0.3 is 4.42 Å². The van der Waals surface area contributed by atoms with Crippen LogP contribution in [0.3, 0.4) is 0 Å². The molecule has 72 valence electrons. The maximum Gasteiger partial charge on any atom is 0.134 e. The molecule has 1 aromatic carbocycles. The molecule has 0 N–H and O–H groups in total. The zero-order valence-electron chi connectivity index (χ0n) is 8.63. The van der Waals surface area contributed by atoms with Crippen LogP contribution in [0.1, 0.15) is 25.0 Å². The van der Waals surface area contributed by atoms with E-state index in [4.69, 9.17) is 4.42 Å². The lowest BCUT2D eigenvalue weighted by atomic mass is 10.1. The van der Waals surface area contributed by atoms with Crippen molar-refractivity contribution in [2.75, 3.05) is 0 Å². The summed E-state index contributed by atoms with van der Waals surface area (Å²) in [5.74, 6) is 0. The zero-order chi connectivity index (χ0) is 10.1. The quantitative estimate of drug-likeness (QED) is 0.690. The summed E-state index contributed by atoms with van der Waals surface area (Å²) in [6.45, 7) is 8.06. The molecular weight excluding hydrogens is 172 g/mol. The van der Waals surface area contributed by atoms with Crippen molar-refractivity contribution >= 4 is 16.5 Å². The Morgan fingerprint density at radius 1 is 1.43 bits per heavy atom. The maximum atomic E-state index is 5.49. The van der Waals surface area contributed by atoms with E-state index in [-0.39, 0.29) is 0 Å². The molecule has 1 aromatic heterocycles. The fraction of sp³-hybridized carbons (Fsp3) is 0.231. The smallest absolute Gasteiger partial charge is 0.134 e. The third-order valence-electron chi connectivity index (χ3n) is 2.53. The average Bonchev–Trinajstić information content (AvgIpc) is 2.59. The topological polar surface area (TPSA) is 13.1 Å². The van der Waals surface area contributed by atoms with E-state index < -0.39 is 0 Å². The van der Waals surface area contributed by atoms with Gasteiger partial charge in [-0.3, -0.25) is 0 Å². The van der Waals surface area contributed by atoms with Crippen LogP contribution in [0.25, 0.3) is 16.5 Å². The highest BCUT2D eigenvalue weighted by Crippen LogP contribution is 2.24. The summed E-state index contributed by atoms with van der Waals surface area (Å²) in [5, 5.41) is 1.22. The summed E-state index contributed by atoms with van der Waals surface area (Å²) in [4.78, 5) is 0. The molecule has 0 saturated carbocycles. The predicted molar refractivity (Wildman–Crippen MR) is 60.3 cm³/mol. The van der Waals surface area contributed by atoms with Crippen molar-refractivity contribution in [1.82, 2.24) is 0 Å². The minimum Gasteiger partial charge on any atom is -0.464 e. The number of aryl methyl sites for hydroxylation is 1. The Morgan fingerprint density at radius 3 is 2.86 bits per heavy atom. The van der Waals surface area contributed by atoms with Gasteiger partial charge in [-0.15, -0.1) is 0 Å². The van der Waals surface area contributed by atoms with Crippen LogP contribution >= 0.6 is 0 Å². The first-order chi connectivity index (χ1) is 6.72. The number of benzene rings is 1. The van der Waals surface area contributed by atoms with Gasteiger partial charge in [-0.2, -0.15) is 0 Å². The third kappa shape index (κ3) is 1.35. The van der Waals surface area contributed by atoms with Crippen molar-refractivity contribution in [1.29, 1.82) is 0 Å². The van der Waals surface area contributed by atoms with Crippen molar-refractivity contribution in [3.63, 3.8) is 0 Å². The van der Waals surface area contributed by atoms with Gasteiger partial charge >= 0.3 is 0 Å². The van der Waals surface area contributed by atoms with Gasteiger partial charge in [-0.05, 0) is 30.5 Å². The SMILES string of the molecule is C=C(C)c1ccc2c(CC)coc2c1. The highest BCUT2D eigenvalue weighted by molar-refractivity contribution is 5.84. The Kier molecular flexibility index (Phi) is 2.16. The molecule has 1 heterocycles. The van der Waals surface area contributed by atoms with Crippen molar-refractivity contribution in [3.05, 3.63) is 42.2 Å². The molecule has 0 aliphatic heterocycles. The number of allylic oxidation sites excluding steroid dienone is 1. The fourth-order valence-corrected chi connectivity index (χ4v) is 1.62. The van der Waals surface area contributed by atoms with Crippen LogP contribution in [0.4, 0.5) is 0 Å². The Morgan fingerprint density at radius 2 is 2.21 bits per heavy atom. The van der Waals surface area contributed by atoms with Crippen molar-refractivity contribution in [3.8, 4) is 0 Å². The summed E-state index contributed by atoms with van der Waals surface area (Å²) in [5.41, 5.74) is 4.45. The van der Waals surface area contributed by atoms with Crippen molar-refractivity contribution < 1.29 is 4.42 Å². The molecule has 0 aliphatic rings. The van der Waals surface area contributed by atoms with Crippen LogP contribution in [-0.2, 0) is 6.42 Å². The molecule has 0 unspecified atom stereocenters. The zero-order valence-corrected chi connectivity index (χ0v) is 8.63. The standard InChI is InChI=1S/C13H14O/c1-4-10-8-14-13-7-11(9(2)3)5-6-12(10)13/h5-8H,2,4H2,1,3H3. The van der Waals surface area contributed by atoms with E-state index in [1.807, 2.05) is 13.2 Å². The molecule has 0 fully saturated rings. The highest BCUT2D eigenvalue weighted by atomic mass is 16.3. The summed E-state index contributed by atoms with van der Waals surface area (Å²) >= 11 is 0. The number of fused-ring (bicyclic) bond motifs is 1. The first kappa shape index (κ1) is 9.07. The molecule has 1 heteroatoms. The summed E-state index contributed by atoms with van der Waals surface area (Å²) in [6.07, 6.45) is 2.85. The predicted octanol–water partition coefficient (Wildman–Crippen LogP) is 4.03. The van der Waals surface area contributed by atoms with Gasteiger partial charge in [-0.1, -0.05) is 31.2 Å². The van der Waals surface area contributed by atoms with Gasteiger partial charge in [-0.25, -0.2) is 0 Å². The first-order valence-electron chi connectivity index (χ1n) is 4.88. The number of rotatable bonds is 2. The van der Waals surface area contributed by atoms with Gasteiger partial charge in [0.1, 0.15) is 5.58 Å². The minimum atomic E-state index is 0.961. The van der Waals surface area contributed by atoms with Crippen LogP contribution in [-0.4, -0.2) is 0 Å². The second kappa shape index (κ2) is 3.33. The molecular formula is C13H14O. The third-order valence-corrected chi connectivity index (χ3v) is 2.53. The van der Waals surface area contributed by atoms with Gasteiger partial charge in [0.05, 0.1) is 6.26 Å². The average molecular weight is 186 g/mol. The number of hydrogen-bond acceptors (Lipinski definition) is 1. The van der Waals surface area contributed by atoms with Crippen LogP contribution < -0.4 is 0 Å². The Hall–Kier alpha value is -1.50. The molecule has 2 rings (SSSR count). The largest absolute Gasteiger partial charge is 0.464 e. The molecule has 0 aliphatic carbocycles. The molecule has 0 saturated heterocycles. The summed E-state index contributed by atoms with van der Waals surface area (Å²) in [6, 6.07) is 6.26. The Balaban J connectivity index is 2.63. The van der Waals surface area contributed by atoms with Crippen molar-refractivity contribution in [2.45, 2.75) is 20.3 Å². The van der Waals surface area contributed by atoms with E-state index in [1.165, 1.54) is 10.9 Å². The Bertz CT molecular complexity index is 477. The lowest BCUT2D eigenvalue weighted by Crippen LogP contribution is -1.78. The molecule has 2 aromatic rings. The summed E-state index contributed by atoms with van der Waals surface area (Å²) in [7, 11) is 0. The second-order valence-electron chi connectivity index (χ2n) is 3.61. The molecule has 0 radical (unpaired) electrons. The van der Waals surface area contributed by atoms with Crippen LogP contribution in [0.5, 0.6) is 0 Å². The molecule has 0 bridgehead atoms. The van der Waals surface area contributed by atoms with E-state index in [1.54, 1.807) is 0 Å². The van der Waals surface area contributed by atoms with Gasteiger partial charge in [0.15, 0.2) is 0 Å². The van der Waals surface area contributed by atoms with Crippen LogP contribution in [0, 0.1) is 0 Å². The molecule has 0 atom stereocenters. The lowest BCUT2D eigenvalue weighted by molar-refractivity contribution is 0.611. The first-order valence-corrected chi connectivity index (χ1v) is 4.88. The lowest BCUT2D eigenvalue weighted by Gasteiger charge is -1.98. The van der Waals surface area contributed by atoms with Gasteiger partial charge in [0.2, 0.25) is 0 Å². The van der Waals surface area contributed by atoms with Crippen LogP contribution in [0.2, 0.25) is 0 Å². The summed E-state index contributed by atoms with van der Waals surface area (Å²) < 4.78 is 5.49. The minimum absolute atomic E-state index is 0.961. The van der Waals surface area contributed by atoms with E-state index in [9.17, 15) is 0 Å². The van der Waals surface area contributed by atoms with E-state index in [2.05, 4.69) is 31.7 Å². The van der Waals surface area contributed by atoms with E-state index >= 15 is 0 Å². The number of furan rings is 1. The van der Waals surface area contributed by atoms with E-state index in [0.717, 1.165) is 23.1 Å². The molecule has 0 spiro atoms. The second-order valence-corrected chi connectivity index (χ2v) is 3.61.